The van der Waals surface area contributed by atoms with Crippen LogP contribution in [0.3, 0.4) is 0 Å². The molecule has 0 radical (unpaired) electrons. The number of fused-ring (bicyclic) bond motifs is 3. The number of allylic oxidation sites excluding steroid dienone is 1. The van der Waals surface area contributed by atoms with Gasteiger partial charge in [-0.2, -0.15) is 0 Å². The molecule has 5 aromatic rings. The summed E-state index contributed by atoms with van der Waals surface area (Å²) in [6, 6.07) is 29.6. The molecule has 14 nitrogen and oxygen atoms in total. The van der Waals surface area contributed by atoms with Gasteiger partial charge in [0.1, 0.15) is 35.6 Å². The zero-order valence-corrected chi connectivity index (χ0v) is 38.3. The molecular formula is C54H57N3O11. The monoisotopic (exact) mass is 923 g/mol. The third-order valence-corrected chi connectivity index (χ3v) is 13.5. The fraction of sp³-hybridized carbons (Fsp3) is 0.352. The summed E-state index contributed by atoms with van der Waals surface area (Å²) >= 11 is 0. The number of nitro groups is 1. The Balaban J connectivity index is 1.30. The van der Waals surface area contributed by atoms with Gasteiger partial charge in [0.05, 0.1) is 35.8 Å². The summed E-state index contributed by atoms with van der Waals surface area (Å²) in [6.45, 7) is 4.24. The van der Waals surface area contributed by atoms with E-state index in [9.17, 15) is 29.9 Å². The van der Waals surface area contributed by atoms with Crippen molar-refractivity contribution in [3.05, 3.63) is 160 Å². The Morgan fingerprint density at radius 3 is 2.40 bits per heavy atom. The maximum Gasteiger partial charge on any atom is 0.269 e. The lowest BCUT2D eigenvalue weighted by Gasteiger charge is -2.59. The summed E-state index contributed by atoms with van der Waals surface area (Å²) in [4.78, 5) is 45.7. The van der Waals surface area contributed by atoms with Gasteiger partial charge in [0.2, 0.25) is 5.79 Å². The number of likely N-dealkylation sites (N-methyl/N-ethyl adjacent to an activating group) is 1. The highest BCUT2D eigenvalue weighted by Gasteiger charge is 2.65. The molecule has 0 bridgehead atoms. The van der Waals surface area contributed by atoms with Gasteiger partial charge in [-0.25, -0.2) is 0 Å². The number of carbonyl (C=O) groups excluding carboxylic acids is 2. The number of hydrogen-bond donors (Lipinski definition) is 2. The minimum Gasteiger partial charge on any atom is -0.496 e. The third-order valence-electron chi connectivity index (χ3n) is 13.5. The van der Waals surface area contributed by atoms with E-state index < -0.39 is 22.7 Å². The standard InChI is InChI=1S/C54H57N3O11/c1-4-27-65-54-50(56(2)53(61)39-18-17-36-11-5-6-12-37(36)28-39)32-47(55-66-34-35-15-19-41(20-16-35)57(62)63)45-30-38(13-7-9-25-58)44(14-8-10-26-59)51(52(45)54)46-31-43(22-24-49(46)68-54)67-42-21-23-48(64-3)40(29-42)33-60/h4-6,11-12,15-24,28-31,33,38,44,50-52,58-59H,1,7-10,13-14,25-27,32,34H2,2-3H3. The van der Waals surface area contributed by atoms with Crippen LogP contribution in [-0.2, 0) is 16.2 Å². The molecule has 2 aliphatic carbocycles. The van der Waals surface area contributed by atoms with Gasteiger partial charge in [-0.05, 0) is 120 Å². The number of methoxy groups -OCH3 is 1. The highest BCUT2D eigenvalue weighted by molar-refractivity contribution is 6.04. The predicted molar refractivity (Wildman–Crippen MR) is 257 cm³/mol. The van der Waals surface area contributed by atoms with Crippen molar-refractivity contribution >= 4 is 34.4 Å². The SMILES string of the molecule is C=CCOC12Oc3ccc(Oc4ccc(OC)c(C=O)c4)cc3C3C(CCCCO)C(CCCCO)C=C(C(=NOCc4ccc([N+](=O)[O-])cc4)CC1N(C)C(=O)c1ccc4ccccc4c1)C32. The summed E-state index contributed by atoms with van der Waals surface area (Å²) < 4.78 is 26.3. The minimum atomic E-state index is -1.49. The Morgan fingerprint density at radius 1 is 0.941 bits per heavy atom. The zero-order chi connectivity index (χ0) is 47.8. The van der Waals surface area contributed by atoms with Crippen molar-refractivity contribution in [2.45, 2.75) is 69.3 Å². The first kappa shape index (κ1) is 47.6. The zero-order valence-electron chi connectivity index (χ0n) is 38.3. The van der Waals surface area contributed by atoms with E-state index in [1.54, 1.807) is 48.4 Å². The van der Waals surface area contributed by atoms with Gasteiger partial charge < -0.3 is 38.9 Å². The number of unbranched alkanes of at least 4 members (excludes halogenated alkanes) is 2. The molecule has 68 heavy (non-hydrogen) atoms. The van der Waals surface area contributed by atoms with Crippen molar-refractivity contribution in [3.63, 3.8) is 0 Å². The van der Waals surface area contributed by atoms with E-state index in [2.05, 4.69) is 12.7 Å². The third kappa shape index (κ3) is 9.75. The second-order valence-corrected chi connectivity index (χ2v) is 17.6. The van der Waals surface area contributed by atoms with Crippen LogP contribution in [0.25, 0.3) is 10.8 Å². The van der Waals surface area contributed by atoms with Crippen LogP contribution in [0.2, 0.25) is 0 Å². The van der Waals surface area contributed by atoms with E-state index in [1.165, 1.54) is 19.2 Å². The topological polar surface area (TPSA) is 179 Å². The lowest BCUT2D eigenvalue weighted by Crippen LogP contribution is -2.69. The molecule has 1 amide bonds. The van der Waals surface area contributed by atoms with Crippen molar-refractivity contribution in [1.82, 2.24) is 4.90 Å². The second kappa shape index (κ2) is 21.4. The van der Waals surface area contributed by atoms with Crippen molar-refractivity contribution in [3.8, 4) is 23.0 Å². The number of benzene rings is 5. The minimum absolute atomic E-state index is 0.0192. The maximum absolute atomic E-state index is 15.0. The van der Waals surface area contributed by atoms with Crippen LogP contribution in [0, 0.1) is 27.9 Å². The number of carbonyl (C=O) groups is 2. The van der Waals surface area contributed by atoms with E-state index >= 15 is 0 Å². The number of non-ortho nitro benzene ring substituents is 1. The predicted octanol–water partition coefficient (Wildman–Crippen LogP) is 9.97. The van der Waals surface area contributed by atoms with Gasteiger partial charge >= 0.3 is 0 Å². The molecule has 3 aliphatic rings. The number of amides is 1. The molecule has 0 aromatic heterocycles. The smallest absolute Gasteiger partial charge is 0.269 e. The van der Waals surface area contributed by atoms with Gasteiger partial charge in [-0.15, -0.1) is 6.58 Å². The fourth-order valence-electron chi connectivity index (χ4n) is 10.4. The lowest BCUT2D eigenvalue weighted by molar-refractivity contribution is -0.384. The normalized spacial score (nSPS) is 22.0. The average Bonchev–Trinajstić information content (AvgIpc) is 3.36. The van der Waals surface area contributed by atoms with E-state index in [4.69, 9.17) is 28.9 Å². The number of oxime groups is 1. The summed E-state index contributed by atoms with van der Waals surface area (Å²) in [6.07, 6.45) is 9.03. The summed E-state index contributed by atoms with van der Waals surface area (Å²) in [5.41, 5.74) is 3.77. The molecule has 5 aromatic carbocycles. The number of ether oxygens (including phenoxy) is 4. The van der Waals surface area contributed by atoms with E-state index in [-0.39, 0.29) is 62.2 Å². The van der Waals surface area contributed by atoms with E-state index in [1.807, 2.05) is 60.7 Å². The average molecular weight is 924 g/mol. The lowest BCUT2D eigenvalue weighted by atomic mass is 9.55. The van der Waals surface area contributed by atoms with Crippen LogP contribution in [0.15, 0.2) is 133 Å². The molecule has 1 saturated carbocycles. The van der Waals surface area contributed by atoms with Crippen molar-refractivity contribution in [1.29, 1.82) is 0 Å². The van der Waals surface area contributed by atoms with Gasteiger partial charge in [0.15, 0.2) is 6.29 Å². The Labute approximate surface area is 395 Å². The Kier molecular flexibility index (Phi) is 15.0. The van der Waals surface area contributed by atoms with Crippen LogP contribution < -0.4 is 14.2 Å². The molecule has 2 N–H and O–H groups in total. The molecule has 0 saturated heterocycles. The molecular weight excluding hydrogens is 867 g/mol. The molecule has 1 fully saturated rings. The van der Waals surface area contributed by atoms with Crippen LogP contribution in [0.1, 0.15) is 82.7 Å². The van der Waals surface area contributed by atoms with Crippen molar-refractivity contribution in [2.75, 3.05) is 34.0 Å². The summed E-state index contributed by atoms with van der Waals surface area (Å²) in [5, 5.41) is 38.2. The molecule has 8 rings (SSSR count). The maximum atomic E-state index is 15.0. The Morgan fingerprint density at radius 2 is 1.68 bits per heavy atom. The highest BCUT2D eigenvalue weighted by atomic mass is 16.7. The number of rotatable bonds is 21. The quantitative estimate of drug-likeness (QED) is 0.0235. The number of aliphatic hydroxyl groups excluding tert-OH is 2. The summed E-state index contributed by atoms with van der Waals surface area (Å²) in [7, 11) is 3.26. The van der Waals surface area contributed by atoms with Crippen LogP contribution in [-0.4, -0.2) is 83.7 Å². The molecule has 6 atom stereocenters. The second-order valence-electron chi connectivity index (χ2n) is 17.6. The number of nitro benzene ring substituents is 1. The first-order valence-corrected chi connectivity index (χ1v) is 23.1. The van der Waals surface area contributed by atoms with Gasteiger partial charge in [0.25, 0.3) is 11.6 Å². The molecule has 1 heterocycles. The first-order valence-electron chi connectivity index (χ1n) is 23.1. The van der Waals surface area contributed by atoms with Gasteiger partial charge in [0, 0.05) is 55.9 Å². The largest absolute Gasteiger partial charge is 0.496 e. The highest BCUT2D eigenvalue weighted by Crippen LogP contribution is 2.62. The van der Waals surface area contributed by atoms with Crippen LogP contribution in [0.5, 0.6) is 23.0 Å². The number of aldehydes is 1. The van der Waals surface area contributed by atoms with Crippen LogP contribution >= 0.6 is 0 Å². The van der Waals surface area contributed by atoms with E-state index in [0.29, 0.717) is 58.2 Å². The van der Waals surface area contributed by atoms with E-state index in [0.717, 1.165) is 53.9 Å². The summed E-state index contributed by atoms with van der Waals surface area (Å²) in [5.74, 6) is -0.769. The van der Waals surface area contributed by atoms with Gasteiger partial charge in [-0.3, -0.25) is 19.7 Å². The molecule has 1 aliphatic heterocycles. The number of aliphatic hydroxyl groups is 2. The Bertz CT molecular complexity index is 2700. The first-order chi connectivity index (χ1) is 33.1. The molecule has 6 unspecified atom stereocenters. The molecule has 14 heteroatoms. The molecule has 354 valence electrons. The van der Waals surface area contributed by atoms with Gasteiger partial charge in [-0.1, -0.05) is 60.5 Å². The number of nitrogens with zero attached hydrogens (tertiary/aromatic N) is 3. The van der Waals surface area contributed by atoms with Crippen LogP contribution in [0.4, 0.5) is 5.69 Å². The molecule has 0 spiro atoms. The Hall–Kier alpha value is -6.87. The van der Waals surface area contributed by atoms with Crippen molar-refractivity contribution < 1.29 is 48.5 Å². The van der Waals surface area contributed by atoms with Crippen molar-refractivity contribution in [2.24, 2.45) is 22.9 Å². The fourth-order valence-corrected chi connectivity index (χ4v) is 10.4. The number of hydrogen-bond acceptors (Lipinski definition) is 12.